The number of benzene rings is 2. The van der Waals surface area contributed by atoms with Crippen LogP contribution in [0.2, 0.25) is 5.02 Å². The van der Waals surface area contributed by atoms with E-state index in [0.717, 1.165) is 6.07 Å². The van der Waals surface area contributed by atoms with Crippen LogP contribution in [-0.4, -0.2) is 40.6 Å². The minimum Gasteiger partial charge on any atom is -0.492 e. The van der Waals surface area contributed by atoms with Crippen LogP contribution in [0, 0.1) is 10.1 Å². The normalized spacial score (nSPS) is 11.2. The minimum absolute atomic E-state index is 0.168. The van der Waals surface area contributed by atoms with Crippen molar-refractivity contribution < 1.29 is 18.1 Å². The fraction of sp³-hybridized carbons (Fsp3) is 0.250. The van der Waals surface area contributed by atoms with Gasteiger partial charge in [-0.05, 0) is 37.4 Å². The molecule has 0 aliphatic carbocycles. The largest absolute Gasteiger partial charge is 0.492 e. The zero-order chi connectivity index (χ0) is 19.3. The second-order valence-electron chi connectivity index (χ2n) is 5.34. The van der Waals surface area contributed by atoms with E-state index < -0.39 is 14.9 Å². The molecule has 26 heavy (non-hydrogen) atoms. The van der Waals surface area contributed by atoms with Crippen LogP contribution in [0.15, 0.2) is 47.4 Å². The Balaban J connectivity index is 2.14. The van der Waals surface area contributed by atoms with Crippen molar-refractivity contribution in [3.8, 4) is 5.75 Å². The number of sulfonamides is 1. The molecule has 140 valence electrons. The standard InChI is InChI=1S/C16H18ClN3O5S/c1-18-26(23,24)14-6-7-15(16(11-14)20(21)22)19(2)8-9-25-13-5-3-4-12(17)10-13/h3-7,10-11,18H,8-9H2,1-2H3. The van der Waals surface area contributed by atoms with Crippen molar-refractivity contribution in [1.29, 1.82) is 0 Å². The van der Waals surface area contributed by atoms with Gasteiger partial charge in [-0.25, -0.2) is 13.1 Å². The first-order chi connectivity index (χ1) is 12.2. The van der Waals surface area contributed by atoms with Gasteiger partial charge in [-0.1, -0.05) is 17.7 Å². The highest BCUT2D eigenvalue weighted by molar-refractivity contribution is 7.89. The van der Waals surface area contributed by atoms with Gasteiger partial charge in [0.1, 0.15) is 18.0 Å². The Morgan fingerprint density at radius 2 is 2.00 bits per heavy atom. The summed E-state index contributed by atoms with van der Waals surface area (Å²) in [6.07, 6.45) is 0. The maximum atomic E-state index is 11.8. The van der Waals surface area contributed by atoms with Gasteiger partial charge in [0.25, 0.3) is 5.69 Å². The van der Waals surface area contributed by atoms with Gasteiger partial charge < -0.3 is 9.64 Å². The third kappa shape index (κ3) is 4.84. The molecule has 0 atom stereocenters. The quantitative estimate of drug-likeness (QED) is 0.540. The summed E-state index contributed by atoms with van der Waals surface area (Å²) in [6.45, 7) is 0.621. The van der Waals surface area contributed by atoms with E-state index in [9.17, 15) is 18.5 Å². The number of likely N-dealkylation sites (N-methyl/N-ethyl adjacent to an activating group) is 1. The van der Waals surface area contributed by atoms with Crippen molar-refractivity contribution in [2.75, 3.05) is 32.1 Å². The van der Waals surface area contributed by atoms with Crippen LogP contribution in [0.3, 0.4) is 0 Å². The monoisotopic (exact) mass is 399 g/mol. The molecule has 0 heterocycles. The summed E-state index contributed by atoms with van der Waals surface area (Å²) >= 11 is 5.88. The van der Waals surface area contributed by atoms with E-state index in [1.807, 2.05) is 0 Å². The summed E-state index contributed by atoms with van der Waals surface area (Å²) in [4.78, 5) is 12.2. The number of nitrogens with zero attached hydrogens (tertiary/aromatic N) is 2. The molecule has 2 aromatic rings. The predicted octanol–water partition coefficient (Wildman–Crippen LogP) is 2.67. The Morgan fingerprint density at radius 1 is 1.27 bits per heavy atom. The average molecular weight is 400 g/mol. The first-order valence-electron chi connectivity index (χ1n) is 7.56. The smallest absolute Gasteiger partial charge is 0.293 e. The average Bonchev–Trinajstić information content (AvgIpc) is 2.61. The van der Waals surface area contributed by atoms with Crippen LogP contribution in [0.1, 0.15) is 0 Å². The molecule has 0 fully saturated rings. The molecule has 2 aromatic carbocycles. The summed E-state index contributed by atoms with van der Waals surface area (Å²) in [7, 11) is -0.857. The van der Waals surface area contributed by atoms with Crippen LogP contribution in [-0.2, 0) is 10.0 Å². The van der Waals surface area contributed by atoms with Crippen molar-refractivity contribution in [3.05, 3.63) is 57.6 Å². The molecule has 0 aliphatic rings. The van der Waals surface area contributed by atoms with Crippen LogP contribution in [0.4, 0.5) is 11.4 Å². The molecule has 2 rings (SSSR count). The van der Waals surface area contributed by atoms with E-state index in [0.29, 0.717) is 23.0 Å². The lowest BCUT2D eigenvalue weighted by atomic mass is 10.2. The van der Waals surface area contributed by atoms with Gasteiger partial charge in [0.05, 0.1) is 16.4 Å². The molecule has 10 heteroatoms. The molecule has 0 spiro atoms. The van der Waals surface area contributed by atoms with Crippen LogP contribution in [0.5, 0.6) is 5.75 Å². The van der Waals surface area contributed by atoms with Gasteiger partial charge in [-0.2, -0.15) is 0 Å². The Bertz CT molecular complexity index is 905. The molecule has 0 amide bonds. The third-order valence-corrected chi connectivity index (χ3v) is 5.27. The second-order valence-corrected chi connectivity index (χ2v) is 7.67. The maximum Gasteiger partial charge on any atom is 0.293 e. The highest BCUT2D eigenvalue weighted by Crippen LogP contribution is 2.30. The molecule has 1 N–H and O–H groups in total. The highest BCUT2D eigenvalue weighted by Gasteiger charge is 2.22. The van der Waals surface area contributed by atoms with E-state index in [1.165, 1.54) is 19.2 Å². The topological polar surface area (TPSA) is 102 Å². The summed E-state index contributed by atoms with van der Waals surface area (Å²) in [6, 6.07) is 10.7. The molecular weight excluding hydrogens is 382 g/mol. The van der Waals surface area contributed by atoms with E-state index in [1.54, 1.807) is 36.2 Å². The van der Waals surface area contributed by atoms with Crippen molar-refractivity contribution in [2.24, 2.45) is 0 Å². The molecule has 0 radical (unpaired) electrons. The summed E-state index contributed by atoms with van der Waals surface area (Å²) < 4.78 is 31.4. The van der Waals surface area contributed by atoms with E-state index in [2.05, 4.69) is 4.72 Å². The van der Waals surface area contributed by atoms with Crippen molar-refractivity contribution >= 4 is 33.0 Å². The number of hydrogen-bond donors (Lipinski definition) is 1. The number of hydrogen-bond acceptors (Lipinski definition) is 6. The van der Waals surface area contributed by atoms with Crippen molar-refractivity contribution in [2.45, 2.75) is 4.90 Å². The fourth-order valence-corrected chi connectivity index (χ4v) is 3.16. The summed E-state index contributed by atoms with van der Waals surface area (Å²) in [5.41, 5.74) is -0.00803. The second kappa shape index (κ2) is 8.35. The Labute approximate surface area is 156 Å². The number of nitrogens with one attached hydrogen (secondary N) is 1. The van der Waals surface area contributed by atoms with Gasteiger partial charge in [0.15, 0.2) is 0 Å². The first kappa shape index (κ1) is 20.0. The number of ether oxygens (including phenoxy) is 1. The van der Waals surface area contributed by atoms with Crippen molar-refractivity contribution in [1.82, 2.24) is 4.72 Å². The van der Waals surface area contributed by atoms with E-state index in [-0.39, 0.29) is 17.2 Å². The number of anilines is 1. The predicted molar refractivity (Wildman–Crippen MR) is 99.6 cm³/mol. The lowest BCUT2D eigenvalue weighted by molar-refractivity contribution is -0.384. The minimum atomic E-state index is -3.76. The molecule has 0 bridgehead atoms. The Hall–Kier alpha value is -2.36. The molecule has 0 saturated carbocycles. The molecule has 0 aliphatic heterocycles. The summed E-state index contributed by atoms with van der Waals surface area (Å²) in [5.74, 6) is 0.593. The van der Waals surface area contributed by atoms with Gasteiger partial charge in [-0.15, -0.1) is 0 Å². The molecular formula is C16H18ClN3O5S. The van der Waals surface area contributed by atoms with Gasteiger partial charge in [-0.3, -0.25) is 10.1 Å². The van der Waals surface area contributed by atoms with Gasteiger partial charge >= 0.3 is 0 Å². The summed E-state index contributed by atoms with van der Waals surface area (Å²) in [5, 5.41) is 11.9. The first-order valence-corrected chi connectivity index (χ1v) is 9.42. The van der Waals surface area contributed by atoms with E-state index >= 15 is 0 Å². The Morgan fingerprint density at radius 3 is 2.62 bits per heavy atom. The van der Waals surface area contributed by atoms with Crippen LogP contribution >= 0.6 is 11.6 Å². The number of nitro benzene ring substituents is 1. The van der Waals surface area contributed by atoms with Crippen LogP contribution < -0.4 is 14.4 Å². The number of halogens is 1. The molecule has 0 aromatic heterocycles. The van der Waals surface area contributed by atoms with Crippen molar-refractivity contribution in [3.63, 3.8) is 0 Å². The molecule has 0 unspecified atom stereocenters. The Kier molecular flexibility index (Phi) is 6.41. The zero-order valence-electron chi connectivity index (χ0n) is 14.2. The maximum absolute atomic E-state index is 11.8. The SMILES string of the molecule is CNS(=O)(=O)c1ccc(N(C)CCOc2cccc(Cl)c2)c([N+](=O)[O-])c1. The lowest BCUT2D eigenvalue weighted by Gasteiger charge is -2.20. The van der Waals surface area contributed by atoms with Crippen LogP contribution in [0.25, 0.3) is 0 Å². The lowest BCUT2D eigenvalue weighted by Crippen LogP contribution is -2.25. The highest BCUT2D eigenvalue weighted by atomic mass is 35.5. The van der Waals surface area contributed by atoms with E-state index in [4.69, 9.17) is 16.3 Å². The van der Waals surface area contributed by atoms with Gasteiger partial charge in [0.2, 0.25) is 10.0 Å². The van der Waals surface area contributed by atoms with Gasteiger partial charge in [0, 0.05) is 18.1 Å². The number of rotatable bonds is 8. The molecule has 8 nitrogen and oxygen atoms in total. The number of nitro groups is 1. The zero-order valence-corrected chi connectivity index (χ0v) is 15.7. The third-order valence-electron chi connectivity index (χ3n) is 3.63. The fourth-order valence-electron chi connectivity index (χ4n) is 2.23. The molecule has 0 saturated heterocycles.